The van der Waals surface area contributed by atoms with Crippen LogP contribution < -0.4 is 5.73 Å². The smallest absolute Gasteiger partial charge is 0.320 e. The first-order chi connectivity index (χ1) is 12.5. The number of piperidine rings is 1. The van der Waals surface area contributed by atoms with E-state index in [1.54, 1.807) is 6.20 Å². The Morgan fingerprint density at radius 1 is 1.31 bits per heavy atom. The number of nitrogens with two attached hydrogens (primary N) is 1. The fourth-order valence-corrected chi connectivity index (χ4v) is 4.51. The Labute approximate surface area is 153 Å². The van der Waals surface area contributed by atoms with Crippen molar-refractivity contribution in [3.8, 4) is 0 Å². The van der Waals surface area contributed by atoms with Crippen LogP contribution in [0.3, 0.4) is 0 Å². The van der Waals surface area contributed by atoms with Gasteiger partial charge in [0.1, 0.15) is 11.9 Å². The first-order valence-corrected chi connectivity index (χ1v) is 9.42. The van der Waals surface area contributed by atoms with E-state index in [-0.39, 0.29) is 11.3 Å². The van der Waals surface area contributed by atoms with Gasteiger partial charge in [-0.05, 0) is 43.6 Å². The number of carbonyl (C=O) groups is 2. The van der Waals surface area contributed by atoms with Gasteiger partial charge >= 0.3 is 5.97 Å². The molecule has 1 aliphatic carbocycles. The highest BCUT2D eigenvalue weighted by atomic mass is 16.4. The molecule has 3 aliphatic rings. The Hall–Kier alpha value is -2.15. The highest BCUT2D eigenvalue weighted by molar-refractivity contribution is 5.81. The van der Waals surface area contributed by atoms with Crippen molar-refractivity contribution >= 4 is 17.7 Å². The Morgan fingerprint density at radius 2 is 2.04 bits per heavy atom. The third kappa shape index (κ3) is 3.28. The van der Waals surface area contributed by atoms with Crippen LogP contribution in [0.4, 0.5) is 5.82 Å². The summed E-state index contributed by atoms with van der Waals surface area (Å²) >= 11 is 0. The molecular weight excluding hydrogens is 332 g/mol. The molecule has 2 saturated heterocycles. The lowest BCUT2D eigenvalue weighted by Gasteiger charge is -2.39. The Morgan fingerprint density at radius 3 is 2.65 bits per heavy atom. The summed E-state index contributed by atoms with van der Waals surface area (Å²) in [6.07, 6.45) is 6.12. The number of aromatic nitrogens is 1. The first kappa shape index (κ1) is 17.3. The molecule has 1 aromatic heterocycles. The Bertz CT molecular complexity index is 710. The van der Waals surface area contributed by atoms with E-state index in [1.807, 2.05) is 21.9 Å². The Kier molecular flexibility index (Phi) is 4.34. The van der Waals surface area contributed by atoms with Crippen LogP contribution in [-0.4, -0.2) is 57.4 Å². The zero-order chi connectivity index (χ0) is 18.3. The van der Waals surface area contributed by atoms with Gasteiger partial charge in [0, 0.05) is 43.9 Å². The summed E-state index contributed by atoms with van der Waals surface area (Å²) in [7, 11) is 0. The van der Waals surface area contributed by atoms with Gasteiger partial charge in [-0.2, -0.15) is 0 Å². The number of pyridine rings is 1. The number of carbonyl (C=O) groups excluding carboxylic acids is 1. The number of hydrogen-bond acceptors (Lipinski definition) is 5. The molecule has 0 unspecified atom stereocenters. The van der Waals surface area contributed by atoms with E-state index >= 15 is 0 Å². The summed E-state index contributed by atoms with van der Waals surface area (Å²) < 4.78 is 0. The molecule has 1 amide bonds. The maximum Gasteiger partial charge on any atom is 0.320 e. The van der Waals surface area contributed by atoms with E-state index in [0.717, 1.165) is 50.9 Å². The van der Waals surface area contributed by atoms with E-state index < -0.39 is 12.0 Å². The van der Waals surface area contributed by atoms with E-state index in [1.165, 1.54) is 0 Å². The van der Waals surface area contributed by atoms with Gasteiger partial charge in [0.15, 0.2) is 0 Å². The largest absolute Gasteiger partial charge is 0.480 e. The first-order valence-electron chi connectivity index (χ1n) is 9.42. The molecule has 1 spiro atoms. The SMILES string of the molecule is Nc1ncccc1CN1CC2(CCN(C(=O)C3CC3)CC2)C[C@@H]1C(=O)O. The summed E-state index contributed by atoms with van der Waals surface area (Å²) in [6.45, 7) is 2.75. The van der Waals surface area contributed by atoms with Crippen LogP contribution in [0.1, 0.15) is 37.7 Å². The van der Waals surface area contributed by atoms with Crippen molar-refractivity contribution in [2.24, 2.45) is 11.3 Å². The van der Waals surface area contributed by atoms with Crippen molar-refractivity contribution in [3.05, 3.63) is 23.9 Å². The van der Waals surface area contributed by atoms with Gasteiger partial charge in [0.05, 0.1) is 0 Å². The molecule has 140 valence electrons. The topological polar surface area (TPSA) is 99.8 Å². The summed E-state index contributed by atoms with van der Waals surface area (Å²) in [5.74, 6) is 0.236. The molecule has 1 aromatic rings. The molecular formula is C19H26N4O3. The Balaban J connectivity index is 1.45. The molecule has 4 rings (SSSR count). The number of rotatable bonds is 4. The highest BCUT2D eigenvalue weighted by Gasteiger charge is 2.49. The third-order valence-corrected chi connectivity index (χ3v) is 6.25. The predicted molar refractivity (Wildman–Crippen MR) is 96.1 cm³/mol. The molecule has 0 bridgehead atoms. The molecule has 7 nitrogen and oxygen atoms in total. The molecule has 3 N–H and O–H groups in total. The van der Waals surface area contributed by atoms with Crippen LogP contribution in [0, 0.1) is 11.3 Å². The lowest BCUT2D eigenvalue weighted by molar-refractivity contribution is -0.142. The summed E-state index contributed by atoms with van der Waals surface area (Å²) in [5.41, 5.74) is 6.81. The molecule has 7 heteroatoms. The van der Waals surface area contributed by atoms with Gasteiger partial charge in [-0.15, -0.1) is 0 Å². The number of likely N-dealkylation sites (tertiary alicyclic amines) is 2. The van der Waals surface area contributed by atoms with E-state index in [2.05, 4.69) is 4.98 Å². The van der Waals surface area contributed by atoms with Crippen molar-refractivity contribution in [1.82, 2.24) is 14.8 Å². The number of anilines is 1. The van der Waals surface area contributed by atoms with E-state index in [9.17, 15) is 14.7 Å². The number of aliphatic carboxylic acids is 1. The second-order valence-electron chi connectivity index (χ2n) is 8.11. The minimum Gasteiger partial charge on any atom is -0.480 e. The molecule has 0 aromatic carbocycles. The fraction of sp³-hybridized carbons (Fsp3) is 0.632. The zero-order valence-corrected chi connectivity index (χ0v) is 14.9. The molecule has 1 saturated carbocycles. The quantitative estimate of drug-likeness (QED) is 0.843. The molecule has 26 heavy (non-hydrogen) atoms. The second kappa shape index (κ2) is 6.54. The van der Waals surface area contributed by atoms with E-state index in [0.29, 0.717) is 24.7 Å². The third-order valence-electron chi connectivity index (χ3n) is 6.25. The minimum absolute atomic E-state index is 0.0135. The van der Waals surface area contributed by atoms with Crippen molar-refractivity contribution in [2.75, 3.05) is 25.4 Å². The van der Waals surface area contributed by atoms with Crippen molar-refractivity contribution in [2.45, 2.75) is 44.7 Å². The van der Waals surface area contributed by atoms with Crippen LogP contribution in [0.25, 0.3) is 0 Å². The van der Waals surface area contributed by atoms with Gasteiger partial charge < -0.3 is 15.7 Å². The number of nitrogen functional groups attached to an aromatic ring is 1. The number of carboxylic acid groups (broad SMARTS) is 1. The monoisotopic (exact) mass is 358 g/mol. The van der Waals surface area contributed by atoms with Gasteiger partial charge in [0.25, 0.3) is 0 Å². The number of amides is 1. The predicted octanol–water partition coefficient (Wildman–Crippen LogP) is 1.34. The fourth-order valence-electron chi connectivity index (χ4n) is 4.51. The minimum atomic E-state index is -0.777. The number of nitrogens with zero attached hydrogens (tertiary/aromatic N) is 3. The highest BCUT2D eigenvalue weighted by Crippen LogP contribution is 2.45. The maximum absolute atomic E-state index is 12.3. The van der Waals surface area contributed by atoms with E-state index in [4.69, 9.17) is 5.73 Å². The van der Waals surface area contributed by atoms with Crippen molar-refractivity contribution in [3.63, 3.8) is 0 Å². The standard InChI is InChI=1S/C19H26N4O3/c20-16-14(2-1-7-21-16)11-23-12-19(10-15(23)18(25)26)5-8-22(9-6-19)17(24)13-3-4-13/h1-2,7,13,15H,3-6,8-12H2,(H2,20,21)(H,25,26)/t15-/m1/s1. The maximum atomic E-state index is 12.3. The van der Waals surface area contributed by atoms with Crippen LogP contribution in [0.2, 0.25) is 0 Å². The van der Waals surface area contributed by atoms with Gasteiger partial charge in [-0.3, -0.25) is 14.5 Å². The summed E-state index contributed by atoms with van der Waals surface area (Å²) in [5, 5.41) is 9.71. The average molecular weight is 358 g/mol. The summed E-state index contributed by atoms with van der Waals surface area (Å²) in [4.78, 5) is 32.2. The van der Waals surface area contributed by atoms with Crippen LogP contribution in [0.5, 0.6) is 0 Å². The van der Waals surface area contributed by atoms with Crippen LogP contribution in [-0.2, 0) is 16.1 Å². The van der Waals surface area contributed by atoms with Gasteiger partial charge in [-0.1, -0.05) is 6.07 Å². The normalized spacial score (nSPS) is 25.5. The van der Waals surface area contributed by atoms with Gasteiger partial charge in [0.2, 0.25) is 5.91 Å². The zero-order valence-electron chi connectivity index (χ0n) is 14.9. The number of hydrogen-bond donors (Lipinski definition) is 2. The second-order valence-corrected chi connectivity index (χ2v) is 8.11. The van der Waals surface area contributed by atoms with Crippen molar-refractivity contribution < 1.29 is 14.7 Å². The average Bonchev–Trinajstić information content (AvgIpc) is 3.41. The van der Waals surface area contributed by atoms with Gasteiger partial charge in [-0.25, -0.2) is 4.98 Å². The molecule has 2 aliphatic heterocycles. The molecule has 1 atom stereocenters. The summed E-state index contributed by atoms with van der Waals surface area (Å²) in [6, 6.07) is 3.23. The lowest BCUT2D eigenvalue weighted by atomic mass is 9.76. The van der Waals surface area contributed by atoms with Crippen LogP contribution >= 0.6 is 0 Å². The van der Waals surface area contributed by atoms with Crippen molar-refractivity contribution in [1.29, 1.82) is 0 Å². The molecule has 3 heterocycles. The number of carboxylic acids is 1. The lowest BCUT2D eigenvalue weighted by Crippen LogP contribution is -2.44. The molecule has 0 radical (unpaired) electrons. The molecule has 3 fully saturated rings. The van der Waals surface area contributed by atoms with Crippen LogP contribution in [0.15, 0.2) is 18.3 Å².